The largest absolute Gasteiger partial charge is 0.391 e. The Morgan fingerprint density at radius 2 is 2.12 bits per heavy atom. The lowest BCUT2D eigenvalue weighted by molar-refractivity contribution is -0.183. The highest BCUT2D eigenvalue weighted by Crippen LogP contribution is 2.37. The zero-order valence-corrected chi connectivity index (χ0v) is 12.8. The SMILES string of the molecule is O=C(N[C@H]1CCC[C@@H](C(F)(F)F)C1)c1ccnc(-n2ccnc2)c1. The molecule has 24 heavy (non-hydrogen) atoms. The highest BCUT2D eigenvalue weighted by molar-refractivity contribution is 5.94. The molecule has 2 aromatic rings. The summed E-state index contributed by atoms with van der Waals surface area (Å²) in [5, 5.41) is 2.72. The zero-order valence-electron chi connectivity index (χ0n) is 12.8. The van der Waals surface area contributed by atoms with Crippen LogP contribution in [0, 0.1) is 5.92 Å². The van der Waals surface area contributed by atoms with Crippen molar-refractivity contribution in [3.8, 4) is 5.82 Å². The van der Waals surface area contributed by atoms with Crippen molar-refractivity contribution in [3.05, 3.63) is 42.6 Å². The second kappa shape index (κ2) is 6.62. The molecule has 1 aliphatic carbocycles. The Kier molecular flexibility index (Phi) is 4.55. The lowest BCUT2D eigenvalue weighted by Crippen LogP contribution is -2.41. The number of halogens is 3. The van der Waals surface area contributed by atoms with Gasteiger partial charge in [-0.2, -0.15) is 13.2 Å². The van der Waals surface area contributed by atoms with Crippen molar-refractivity contribution in [2.75, 3.05) is 0 Å². The minimum Gasteiger partial charge on any atom is -0.349 e. The zero-order chi connectivity index (χ0) is 17.2. The van der Waals surface area contributed by atoms with Crippen molar-refractivity contribution in [1.82, 2.24) is 19.9 Å². The minimum atomic E-state index is -4.20. The number of carbonyl (C=O) groups is 1. The molecule has 8 heteroatoms. The maximum absolute atomic E-state index is 12.9. The standard InChI is InChI=1S/C16H17F3N4O/c17-16(18,19)12-2-1-3-13(9-12)22-15(24)11-4-5-21-14(8-11)23-7-6-20-10-23/h4-8,10,12-13H,1-3,9H2,(H,22,24)/t12-,13+/m1/s1. The maximum atomic E-state index is 12.9. The van der Waals surface area contributed by atoms with Crippen LogP contribution >= 0.6 is 0 Å². The Balaban J connectivity index is 1.68. The number of aromatic nitrogens is 3. The quantitative estimate of drug-likeness (QED) is 0.935. The Morgan fingerprint density at radius 1 is 1.29 bits per heavy atom. The van der Waals surface area contributed by atoms with E-state index in [1.807, 2.05) is 0 Å². The van der Waals surface area contributed by atoms with Gasteiger partial charge in [0.25, 0.3) is 5.91 Å². The van der Waals surface area contributed by atoms with Crippen LogP contribution < -0.4 is 5.32 Å². The highest BCUT2D eigenvalue weighted by Gasteiger charge is 2.42. The van der Waals surface area contributed by atoms with Gasteiger partial charge in [-0.05, 0) is 31.4 Å². The fourth-order valence-electron chi connectivity index (χ4n) is 2.98. The molecule has 0 spiro atoms. The van der Waals surface area contributed by atoms with Crippen molar-refractivity contribution in [1.29, 1.82) is 0 Å². The molecule has 0 unspecified atom stereocenters. The van der Waals surface area contributed by atoms with Gasteiger partial charge < -0.3 is 5.32 Å². The second-order valence-corrected chi connectivity index (χ2v) is 5.95. The number of nitrogens with zero attached hydrogens (tertiary/aromatic N) is 3. The summed E-state index contributed by atoms with van der Waals surface area (Å²) in [6.07, 6.45) is 3.23. The first kappa shape index (κ1) is 16.5. The summed E-state index contributed by atoms with van der Waals surface area (Å²) in [6.45, 7) is 0. The molecule has 5 nitrogen and oxygen atoms in total. The molecule has 0 bridgehead atoms. The number of carbonyl (C=O) groups excluding carboxylic acids is 1. The molecule has 1 aliphatic rings. The molecule has 1 saturated carbocycles. The van der Waals surface area contributed by atoms with E-state index in [9.17, 15) is 18.0 Å². The molecule has 0 radical (unpaired) electrons. The molecule has 2 atom stereocenters. The van der Waals surface area contributed by atoms with Crippen molar-refractivity contribution >= 4 is 5.91 Å². The van der Waals surface area contributed by atoms with Gasteiger partial charge in [-0.3, -0.25) is 9.36 Å². The lowest BCUT2D eigenvalue weighted by atomic mass is 9.85. The number of imidazole rings is 1. The third kappa shape index (κ3) is 3.74. The summed E-state index contributed by atoms with van der Waals surface area (Å²) in [7, 11) is 0. The molecule has 2 aromatic heterocycles. The number of hydrogen-bond acceptors (Lipinski definition) is 3. The lowest BCUT2D eigenvalue weighted by Gasteiger charge is -2.31. The van der Waals surface area contributed by atoms with Crippen LogP contribution in [0.1, 0.15) is 36.0 Å². The molecule has 3 rings (SSSR count). The molecule has 0 aromatic carbocycles. The number of nitrogens with one attached hydrogen (secondary N) is 1. The topological polar surface area (TPSA) is 59.8 Å². The fourth-order valence-corrected chi connectivity index (χ4v) is 2.98. The highest BCUT2D eigenvalue weighted by atomic mass is 19.4. The van der Waals surface area contributed by atoms with E-state index < -0.39 is 18.1 Å². The van der Waals surface area contributed by atoms with Crippen LogP contribution in [0.4, 0.5) is 13.2 Å². The second-order valence-electron chi connectivity index (χ2n) is 5.95. The number of hydrogen-bond donors (Lipinski definition) is 1. The smallest absolute Gasteiger partial charge is 0.349 e. The van der Waals surface area contributed by atoms with E-state index in [1.54, 1.807) is 35.4 Å². The first-order chi connectivity index (χ1) is 11.4. The van der Waals surface area contributed by atoms with E-state index in [0.29, 0.717) is 24.2 Å². The first-order valence-corrected chi connectivity index (χ1v) is 7.75. The summed E-state index contributed by atoms with van der Waals surface area (Å²) in [4.78, 5) is 20.4. The van der Waals surface area contributed by atoms with E-state index >= 15 is 0 Å². The van der Waals surface area contributed by atoms with E-state index in [0.717, 1.165) is 0 Å². The third-order valence-corrected chi connectivity index (χ3v) is 4.25. The monoisotopic (exact) mass is 338 g/mol. The van der Waals surface area contributed by atoms with Gasteiger partial charge in [-0.15, -0.1) is 0 Å². The van der Waals surface area contributed by atoms with Crippen LogP contribution in [0.5, 0.6) is 0 Å². The average molecular weight is 338 g/mol. The molecule has 1 N–H and O–H groups in total. The average Bonchev–Trinajstić information content (AvgIpc) is 3.09. The summed E-state index contributed by atoms with van der Waals surface area (Å²) in [5.74, 6) is -1.20. The van der Waals surface area contributed by atoms with Gasteiger partial charge in [0.2, 0.25) is 0 Å². The predicted molar refractivity (Wildman–Crippen MR) is 80.6 cm³/mol. The minimum absolute atomic E-state index is 0.0608. The van der Waals surface area contributed by atoms with Crippen molar-refractivity contribution < 1.29 is 18.0 Å². The fraction of sp³-hybridized carbons (Fsp3) is 0.438. The third-order valence-electron chi connectivity index (χ3n) is 4.25. The van der Waals surface area contributed by atoms with Crippen LogP contribution in [0.25, 0.3) is 5.82 Å². The van der Waals surface area contributed by atoms with Crippen LogP contribution in [0.3, 0.4) is 0 Å². The molecule has 1 amide bonds. The molecule has 2 heterocycles. The van der Waals surface area contributed by atoms with Crippen molar-refractivity contribution in [2.45, 2.75) is 37.9 Å². The van der Waals surface area contributed by atoms with Gasteiger partial charge in [0.15, 0.2) is 0 Å². The number of rotatable bonds is 3. The van der Waals surface area contributed by atoms with Crippen LogP contribution in [0.15, 0.2) is 37.1 Å². The molecular formula is C16H17F3N4O. The van der Waals surface area contributed by atoms with Gasteiger partial charge in [-0.1, -0.05) is 6.42 Å². The molecular weight excluding hydrogens is 321 g/mol. The van der Waals surface area contributed by atoms with Gasteiger partial charge in [0, 0.05) is 30.2 Å². The maximum Gasteiger partial charge on any atom is 0.391 e. The summed E-state index contributed by atoms with van der Waals surface area (Å²) < 4.78 is 40.2. The van der Waals surface area contributed by atoms with Gasteiger partial charge >= 0.3 is 6.18 Å². The summed E-state index contributed by atoms with van der Waals surface area (Å²) >= 11 is 0. The van der Waals surface area contributed by atoms with E-state index in [4.69, 9.17) is 0 Å². The van der Waals surface area contributed by atoms with Crippen LogP contribution in [-0.2, 0) is 0 Å². The van der Waals surface area contributed by atoms with Gasteiger partial charge in [0.1, 0.15) is 12.1 Å². The van der Waals surface area contributed by atoms with E-state index in [-0.39, 0.29) is 18.7 Å². The van der Waals surface area contributed by atoms with Gasteiger partial charge in [-0.25, -0.2) is 9.97 Å². The Labute approximate surface area is 136 Å². The molecule has 0 aliphatic heterocycles. The van der Waals surface area contributed by atoms with Crippen LogP contribution in [-0.4, -0.2) is 32.7 Å². The van der Waals surface area contributed by atoms with Crippen molar-refractivity contribution in [3.63, 3.8) is 0 Å². The molecule has 0 saturated heterocycles. The summed E-state index contributed by atoms with van der Waals surface area (Å²) in [6, 6.07) is 2.67. The number of alkyl halides is 3. The van der Waals surface area contributed by atoms with Crippen molar-refractivity contribution in [2.24, 2.45) is 5.92 Å². The van der Waals surface area contributed by atoms with Gasteiger partial charge in [0.05, 0.1) is 5.92 Å². The Bertz CT molecular complexity index is 700. The Morgan fingerprint density at radius 3 is 2.83 bits per heavy atom. The number of amides is 1. The summed E-state index contributed by atoms with van der Waals surface area (Å²) in [5.41, 5.74) is 0.364. The predicted octanol–water partition coefficient (Wildman–Crippen LogP) is 3.12. The first-order valence-electron chi connectivity index (χ1n) is 7.75. The molecule has 1 fully saturated rings. The number of pyridine rings is 1. The van der Waals surface area contributed by atoms with Crippen LogP contribution in [0.2, 0.25) is 0 Å². The Hall–Kier alpha value is -2.38. The normalized spacial score (nSPS) is 21.5. The molecule has 128 valence electrons. The van der Waals surface area contributed by atoms with E-state index in [1.165, 1.54) is 6.20 Å². The van der Waals surface area contributed by atoms with E-state index in [2.05, 4.69) is 15.3 Å².